The summed E-state index contributed by atoms with van der Waals surface area (Å²) in [7, 11) is -3.59. The molecule has 1 unspecified atom stereocenters. The molecule has 0 saturated heterocycles. The van der Waals surface area contributed by atoms with E-state index >= 15 is 0 Å². The summed E-state index contributed by atoms with van der Waals surface area (Å²) in [6.45, 7) is 0.400. The third-order valence-electron chi connectivity index (χ3n) is 4.91. The molecule has 1 aliphatic rings. The van der Waals surface area contributed by atoms with Crippen LogP contribution in [0.15, 0.2) is 51.6 Å². The van der Waals surface area contributed by atoms with Crippen molar-refractivity contribution in [3.8, 4) is 0 Å². The lowest BCUT2D eigenvalue weighted by Crippen LogP contribution is -2.45. The van der Waals surface area contributed by atoms with Gasteiger partial charge in [-0.3, -0.25) is 4.79 Å². The molecule has 1 aliphatic carbocycles. The summed E-state index contributed by atoms with van der Waals surface area (Å²) >= 11 is 1.00. The number of sulfone groups is 1. The molecule has 140 valence electrons. The number of rotatable bonds is 6. The van der Waals surface area contributed by atoms with Crippen LogP contribution in [-0.4, -0.2) is 26.9 Å². The van der Waals surface area contributed by atoms with Crippen LogP contribution in [0.3, 0.4) is 0 Å². The van der Waals surface area contributed by atoms with Gasteiger partial charge in [-0.25, -0.2) is 8.42 Å². The summed E-state index contributed by atoms with van der Waals surface area (Å²) in [6.07, 6.45) is 5.76. The van der Waals surface area contributed by atoms with E-state index in [1.807, 2.05) is 0 Å². The van der Waals surface area contributed by atoms with Crippen LogP contribution >= 0.6 is 11.3 Å². The number of thiophene rings is 1. The third kappa shape index (κ3) is 4.16. The second-order valence-corrected chi connectivity index (χ2v) is 9.91. The monoisotopic (exact) mass is 392 g/mol. The smallest absolute Gasteiger partial charge is 0.261 e. The van der Waals surface area contributed by atoms with E-state index in [0.29, 0.717) is 17.3 Å². The van der Waals surface area contributed by atoms with E-state index in [9.17, 15) is 13.2 Å². The van der Waals surface area contributed by atoms with Crippen molar-refractivity contribution in [3.63, 3.8) is 0 Å². The van der Waals surface area contributed by atoms with Gasteiger partial charge >= 0.3 is 0 Å². The number of nitrogens with one attached hydrogen (secondary N) is 1. The van der Waals surface area contributed by atoms with Crippen LogP contribution in [0.1, 0.15) is 41.8 Å². The maximum atomic E-state index is 12.7. The molecule has 0 spiro atoms. The summed E-state index contributed by atoms with van der Waals surface area (Å²) in [5.41, 5.74) is 5.87. The van der Waals surface area contributed by atoms with Crippen molar-refractivity contribution in [2.24, 2.45) is 11.7 Å². The van der Waals surface area contributed by atoms with Crippen molar-refractivity contribution in [3.05, 3.63) is 47.3 Å². The first-order valence-electron chi connectivity index (χ1n) is 8.93. The van der Waals surface area contributed by atoms with Crippen molar-refractivity contribution in [2.75, 3.05) is 6.54 Å². The lowest BCUT2D eigenvalue weighted by atomic mass is 9.84. The number of hydrogen-bond donors (Lipinski definition) is 2. The molecule has 7 heteroatoms. The minimum Gasteiger partial charge on any atom is -0.347 e. The third-order valence-corrected chi connectivity index (χ3v) is 8.26. The standard InChI is InChI=1S/C19H24N2O3S2/c20-13-16(14-7-3-1-4-8-14)21-19(22)17-11-12-18(25-17)26(23,24)15-9-5-2-6-10-15/h2,5-6,9-12,14,16H,1,3-4,7-8,13,20H2,(H,21,22). The average Bonchev–Trinajstić information content (AvgIpc) is 3.18. The van der Waals surface area contributed by atoms with Crippen LogP contribution in [0, 0.1) is 5.92 Å². The molecule has 5 nitrogen and oxygen atoms in total. The van der Waals surface area contributed by atoms with Gasteiger partial charge in [0.05, 0.1) is 9.77 Å². The van der Waals surface area contributed by atoms with Gasteiger partial charge in [-0.15, -0.1) is 11.3 Å². The molecule has 1 atom stereocenters. The van der Waals surface area contributed by atoms with Gasteiger partial charge in [0.25, 0.3) is 5.91 Å². The Kier molecular flexibility index (Phi) is 6.11. The predicted octanol–water partition coefficient (Wildman–Crippen LogP) is 3.22. The van der Waals surface area contributed by atoms with Crippen LogP contribution in [0.25, 0.3) is 0 Å². The van der Waals surface area contributed by atoms with E-state index in [0.717, 1.165) is 24.2 Å². The van der Waals surface area contributed by atoms with Crippen LogP contribution < -0.4 is 11.1 Å². The van der Waals surface area contributed by atoms with E-state index in [-0.39, 0.29) is 21.1 Å². The van der Waals surface area contributed by atoms with Gasteiger partial charge < -0.3 is 11.1 Å². The second kappa shape index (κ2) is 8.33. The van der Waals surface area contributed by atoms with E-state index in [1.54, 1.807) is 36.4 Å². The fourth-order valence-corrected chi connectivity index (χ4v) is 6.08. The molecular formula is C19H24N2O3S2. The zero-order valence-corrected chi connectivity index (χ0v) is 16.2. The van der Waals surface area contributed by atoms with E-state index in [2.05, 4.69) is 5.32 Å². The Bertz CT molecular complexity index is 841. The van der Waals surface area contributed by atoms with Crippen molar-refractivity contribution >= 4 is 27.1 Å². The van der Waals surface area contributed by atoms with Crippen molar-refractivity contribution < 1.29 is 13.2 Å². The molecular weight excluding hydrogens is 368 g/mol. The molecule has 1 heterocycles. The summed E-state index contributed by atoms with van der Waals surface area (Å²) in [6, 6.07) is 11.3. The highest BCUT2D eigenvalue weighted by Gasteiger charge is 2.26. The predicted molar refractivity (Wildman–Crippen MR) is 103 cm³/mol. The summed E-state index contributed by atoms with van der Waals surface area (Å²) in [4.78, 5) is 13.2. The molecule has 0 aliphatic heterocycles. The molecule has 3 N–H and O–H groups in total. The molecule has 1 aromatic heterocycles. The Morgan fingerprint density at radius 3 is 2.46 bits per heavy atom. The van der Waals surface area contributed by atoms with Gasteiger partial charge in [0.15, 0.2) is 0 Å². The van der Waals surface area contributed by atoms with Crippen molar-refractivity contribution in [1.29, 1.82) is 0 Å². The van der Waals surface area contributed by atoms with Gasteiger partial charge in [0.2, 0.25) is 9.84 Å². The fraction of sp³-hybridized carbons (Fsp3) is 0.421. The Hall–Kier alpha value is -1.70. The highest BCUT2D eigenvalue weighted by Crippen LogP contribution is 2.29. The first-order valence-corrected chi connectivity index (χ1v) is 11.2. The fourth-order valence-electron chi connectivity index (χ4n) is 3.45. The highest BCUT2D eigenvalue weighted by molar-refractivity contribution is 7.93. The lowest BCUT2D eigenvalue weighted by molar-refractivity contribution is 0.0919. The number of nitrogens with two attached hydrogens (primary N) is 1. The van der Waals surface area contributed by atoms with Crippen molar-refractivity contribution in [1.82, 2.24) is 5.32 Å². The van der Waals surface area contributed by atoms with Crippen LogP contribution in [0.2, 0.25) is 0 Å². The minimum absolute atomic E-state index is 0.0564. The normalized spacial score (nSPS) is 17.0. The summed E-state index contributed by atoms with van der Waals surface area (Å²) in [5.74, 6) is 0.163. The minimum atomic E-state index is -3.59. The summed E-state index contributed by atoms with van der Waals surface area (Å²) < 4.78 is 25.5. The van der Waals surface area contributed by atoms with Gasteiger partial charge in [-0.2, -0.15) is 0 Å². The van der Waals surface area contributed by atoms with E-state index in [4.69, 9.17) is 5.73 Å². The highest BCUT2D eigenvalue weighted by atomic mass is 32.2. The Balaban J connectivity index is 1.73. The largest absolute Gasteiger partial charge is 0.347 e. The van der Waals surface area contributed by atoms with Crippen molar-refractivity contribution in [2.45, 2.75) is 47.3 Å². The SMILES string of the molecule is NCC(NC(=O)c1ccc(S(=O)(=O)c2ccccc2)s1)C1CCCCC1. The molecule has 1 amide bonds. The maximum Gasteiger partial charge on any atom is 0.261 e. The van der Waals surface area contributed by atoms with Crippen LogP contribution in [0.5, 0.6) is 0 Å². The van der Waals surface area contributed by atoms with E-state index in [1.165, 1.54) is 25.3 Å². The van der Waals surface area contributed by atoms with E-state index < -0.39 is 9.84 Å². The number of carbonyl (C=O) groups is 1. The summed E-state index contributed by atoms with van der Waals surface area (Å²) in [5, 5.41) is 3.01. The first-order chi connectivity index (χ1) is 12.5. The average molecular weight is 393 g/mol. The lowest BCUT2D eigenvalue weighted by Gasteiger charge is -2.29. The van der Waals surface area contributed by atoms with Gasteiger partial charge in [-0.1, -0.05) is 37.5 Å². The molecule has 1 saturated carbocycles. The Morgan fingerprint density at radius 1 is 1.12 bits per heavy atom. The Morgan fingerprint density at radius 2 is 1.81 bits per heavy atom. The zero-order chi connectivity index (χ0) is 18.6. The number of amides is 1. The molecule has 1 aromatic carbocycles. The van der Waals surface area contributed by atoms with Gasteiger partial charge in [0, 0.05) is 12.6 Å². The first kappa shape index (κ1) is 19.1. The molecule has 0 radical (unpaired) electrons. The Labute approximate surface area is 158 Å². The number of carbonyl (C=O) groups excluding carboxylic acids is 1. The zero-order valence-electron chi connectivity index (χ0n) is 14.6. The number of hydrogen-bond acceptors (Lipinski definition) is 5. The number of benzene rings is 1. The quantitative estimate of drug-likeness (QED) is 0.790. The van der Waals surface area contributed by atoms with Crippen LogP contribution in [-0.2, 0) is 9.84 Å². The molecule has 2 aromatic rings. The topological polar surface area (TPSA) is 89.3 Å². The van der Waals surface area contributed by atoms with Crippen LogP contribution in [0.4, 0.5) is 0 Å². The van der Waals surface area contributed by atoms with Gasteiger partial charge in [0.1, 0.15) is 4.21 Å². The molecule has 3 rings (SSSR count). The maximum absolute atomic E-state index is 12.7. The second-order valence-electron chi connectivity index (χ2n) is 6.65. The molecule has 26 heavy (non-hydrogen) atoms. The van der Waals surface area contributed by atoms with Gasteiger partial charge in [-0.05, 0) is 43.0 Å². The molecule has 0 bridgehead atoms. The molecule has 1 fully saturated rings.